The van der Waals surface area contributed by atoms with Gasteiger partial charge in [0.15, 0.2) is 0 Å². The lowest BCUT2D eigenvalue weighted by Gasteiger charge is -2.27. The molecule has 33 heavy (non-hydrogen) atoms. The first-order valence-electron chi connectivity index (χ1n) is 11.2. The molecule has 0 aliphatic rings. The van der Waals surface area contributed by atoms with Crippen molar-refractivity contribution in [1.29, 1.82) is 0 Å². The van der Waals surface area contributed by atoms with E-state index in [4.69, 9.17) is 11.6 Å². The summed E-state index contributed by atoms with van der Waals surface area (Å²) in [5.74, 6) is -0.278. The van der Waals surface area contributed by atoms with Gasteiger partial charge in [-0.2, -0.15) is 0 Å². The zero-order chi connectivity index (χ0) is 24.8. The van der Waals surface area contributed by atoms with Crippen LogP contribution in [0.15, 0.2) is 55.1 Å². The Hall–Kier alpha value is -2.79. The molecule has 0 bridgehead atoms. The first-order valence-corrected chi connectivity index (χ1v) is 11.5. The van der Waals surface area contributed by atoms with Crippen LogP contribution in [0.1, 0.15) is 58.2 Å². The number of carbonyl (C=O) groups is 2. The summed E-state index contributed by atoms with van der Waals surface area (Å²) in [6, 6.07) is 12.2. The minimum atomic E-state index is -0.755. The van der Waals surface area contributed by atoms with E-state index in [1.165, 1.54) is 0 Å². The van der Waals surface area contributed by atoms with Crippen molar-refractivity contribution < 1.29 is 9.59 Å². The summed E-state index contributed by atoms with van der Waals surface area (Å²) in [6.45, 7) is 16.7. The molecule has 2 aromatic rings. The number of anilines is 1. The average Bonchev–Trinajstić information content (AvgIpc) is 2.71. The molecule has 0 aliphatic heterocycles. The molecule has 178 valence electrons. The number of amides is 3. The lowest BCUT2D eigenvalue weighted by Crippen LogP contribution is -2.49. The molecule has 0 unspecified atom stereocenters. The second-order valence-electron chi connectivity index (χ2n) is 10.3. The van der Waals surface area contributed by atoms with E-state index in [1.807, 2.05) is 18.2 Å². The summed E-state index contributed by atoms with van der Waals surface area (Å²) >= 11 is 5.98. The van der Waals surface area contributed by atoms with E-state index in [2.05, 4.69) is 76.2 Å². The molecule has 0 fully saturated rings. The molecule has 0 saturated heterocycles. The van der Waals surface area contributed by atoms with Gasteiger partial charge in [0.2, 0.25) is 5.91 Å². The monoisotopic (exact) mass is 469 g/mol. The molecule has 0 heterocycles. The summed E-state index contributed by atoms with van der Waals surface area (Å²) in [4.78, 5) is 25.8. The van der Waals surface area contributed by atoms with E-state index < -0.39 is 12.1 Å². The smallest absolute Gasteiger partial charge is 0.319 e. The minimum absolute atomic E-state index is 0.0645. The summed E-state index contributed by atoms with van der Waals surface area (Å²) in [7, 11) is 0. The minimum Gasteiger partial charge on any atom is -0.351 e. The molecular weight excluding hydrogens is 434 g/mol. The predicted molar refractivity (Wildman–Crippen MR) is 138 cm³/mol. The van der Waals surface area contributed by atoms with E-state index in [0.29, 0.717) is 18.0 Å². The molecule has 5 nitrogen and oxygen atoms in total. The third kappa shape index (κ3) is 7.93. The first-order chi connectivity index (χ1) is 15.3. The van der Waals surface area contributed by atoms with Crippen LogP contribution in [-0.2, 0) is 22.0 Å². The van der Waals surface area contributed by atoms with Gasteiger partial charge in [0.05, 0.1) is 0 Å². The molecule has 0 spiro atoms. The maximum absolute atomic E-state index is 13.0. The van der Waals surface area contributed by atoms with Crippen LogP contribution in [0.2, 0.25) is 5.02 Å². The van der Waals surface area contributed by atoms with Crippen molar-refractivity contribution in [3.8, 4) is 0 Å². The standard InChI is InChI=1S/C27H36ClN3O2/c1-8-15-29-24(32)23(16-18-9-12-20(28)13-10-18)31-25(33)30-22-17-19(26(2,3)4)11-14-21(22)27(5,6)7/h8-14,17,23H,1,15-16H2,2-7H3,(H,29,32)(H2,30,31,33)/t23-/m1/s1. The molecule has 1 atom stereocenters. The van der Waals surface area contributed by atoms with E-state index >= 15 is 0 Å². The first kappa shape index (κ1) is 26.5. The van der Waals surface area contributed by atoms with Gasteiger partial charge in [0.25, 0.3) is 0 Å². The maximum Gasteiger partial charge on any atom is 0.319 e. The molecule has 3 amide bonds. The third-order valence-electron chi connectivity index (χ3n) is 5.34. The van der Waals surface area contributed by atoms with Gasteiger partial charge in [0.1, 0.15) is 6.04 Å². The van der Waals surface area contributed by atoms with Crippen molar-refractivity contribution in [2.75, 3.05) is 11.9 Å². The molecule has 0 aromatic heterocycles. The number of rotatable bonds is 7. The van der Waals surface area contributed by atoms with Gasteiger partial charge in [0, 0.05) is 23.7 Å². The summed E-state index contributed by atoms with van der Waals surface area (Å²) in [6.07, 6.45) is 1.94. The molecule has 0 saturated carbocycles. The fourth-order valence-electron chi connectivity index (χ4n) is 3.45. The van der Waals surface area contributed by atoms with Gasteiger partial charge in [-0.25, -0.2) is 4.79 Å². The molecular formula is C27H36ClN3O2. The summed E-state index contributed by atoms with van der Waals surface area (Å²) < 4.78 is 0. The fraction of sp³-hybridized carbons (Fsp3) is 0.407. The highest BCUT2D eigenvalue weighted by atomic mass is 35.5. The Balaban J connectivity index is 2.28. The second-order valence-corrected chi connectivity index (χ2v) is 10.7. The number of hydrogen-bond acceptors (Lipinski definition) is 2. The number of halogens is 1. The van der Waals surface area contributed by atoms with E-state index in [0.717, 1.165) is 22.4 Å². The van der Waals surface area contributed by atoms with Crippen LogP contribution in [-0.4, -0.2) is 24.5 Å². The summed E-state index contributed by atoms with van der Waals surface area (Å²) in [5, 5.41) is 9.23. The molecule has 2 rings (SSSR count). The summed E-state index contributed by atoms with van der Waals surface area (Å²) in [5.41, 5.74) is 3.55. The van der Waals surface area contributed by atoms with E-state index in [1.54, 1.807) is 18.2 Å². The van der Waals surface area contributed by atoms with Crippen LogP contribution in [0.4, 0.5) is 10.5 Å². The molecule has 3 N–H and O–H groups in total. The Morgan fingerprint density at radius 3 is 2.18 bits per heavy atom. The number of carbonyl (C=O) groups excluding carboxylic acids is 2. The van der Waals surface area contributed by atoms with Crippen molar-refractivity contribution in [1.82, 2.24) is 10.6 Å². The lowest BCUT2D eigenvalue weighted by atomic mass is 9.81. The van der Waals surface area contributed by atoms with Crippen LogP contribution in [0, 0.1) is 0 Å². The van der Waals surface area contributed by atoms with Crippen LogP contribution < -0.4 is 16.0 Å². The van der Waals surface area contributed by atoms with Gasteiger partial charge in [-0.15, -0.1) is 6.58 Å². The Bertz CT molecular complexity index is 986. The van der Waals surface area contributed by atoms with Crippen LogP contribution >= 0.6 is 11.6 Å². The van der Waals surface area contributed by atoms with Crippen molar-refractivity contribution in [3.05, 3.63) is 76.8 Å². The SMILES string of the molecule is C=CCNC(=O)[C@@H](Cc1ccc(Cl)cc1)NC(=O)Nc1cc(C(C)(C)C)ccc1C(C)(C)C. The molecule has 0 radical (unpaired) electrons. The van der Waals surface area contributed by atoms with Crippen molar-refractivity contribution in [2.45, 2.75) is 64.8 Å². The van der Waals surface area contributed by atoms with Crippen molar-refractivity contribution >= 4 is 29.2 Å². The van der Waals surface area contributed by atoms with Crippen molar-refractivity contribution in [3.63, 3.8) is 0 Å². The van der Waals surface area contributed by atoms with E-state index in [-0.39, 0.29) is 16.7 Å². The third-order valence-corrected chi connectivity index (χ3v) is 5.59. The van der Waals surface area contributed by atoms with Gasteiger partial charge in [-0.1, -0.05) is 83.5 Å². The van der Waals surface area contributed by atoms with Crippen LogP contribution in [0.5, 0.6) is 0 Å². The lowest BCUT2D eigenvalue weighted by molar-refractivity contribution is -0.122. The quantitative estimate of drug-likeness (QED) is 0.437. The number of nitrogens with one attached hydrogen (secondary N) is 3. The Labute approximate surface area is 203 Å². The normalized spacial score (nSPS) is 12.6. The van der Waals surface area contributed by atoms with Gasteiger partial charge in [-0.3, -0.25) is 4.79 Å². The highest BCUT2D eigenvalue weighted by Crippen LogP contribution is 2.33. The predicted octanol–water partition coefficient (Wildman–Crippen LogP) is 5.97. The van der Waals surface area contributed by atoms with Crippen LogP contribution in [0.3, 0.4) is 0 Å². The van der Waals surface area contributed by atoms with Crippen LogP contribution in [0.25, 0.3) is 0 Å². The van der Waals surface area contributed by atoms with Gasteiger partial charge < -0.3 is 16.0 Å². The zero-order valence-corrected chi connectivity index (χ0v) is 21.3. The maximum atomic E-state index is 13.0. The highest BCUT2D eigenvalue weighted by Gasteiger charge is 2.25. The van der Waals surface area contributed by atoms with Gasteiger partial charge in [-0.05, 0) is 45.7 Å². The van der Waals surface area contributed by atoms with E-state index in [9.17, 15) is 9.59 Å². The Morgan fingerprint density at radius 2 is 1.64 bits per heavy atom. The van der Waals surface area contributed by atoms with Gasteiger partial charge >= 0.3 is 6.03 Å². The Kier molecular flexibility index (Phi) is 8.73. The Morgan fingerprint density at radius 1 is 1.00 bits per heavy atom. The highest BCUT2D eigenvalue weighted by molar-refractivity contribution is 6.30. The number of urea groups is 1. The molecule has 0 aliphatic carbocycles. The average molecular weight is 470 g/mol. The molecule has 2 aromatic carbocycles. The zero-order valence-electron chi connectivity index (χ0n) is 20.5. The number of benzene rings is 2. The number of hydrogen-bond donors (Lipinski definition) is 3. The van der Waals surface area contributed by atoms with Crippen molar-refractivity contribution in [2.24, 2.45) is 0 Å². The fourth-order valence-corrected chi connectivity index (χ4v) is 3.57. The molecule has 6 heteroatoms. The largest absolute Gasteiger partial charge is 0.351 e. The topological polar surface area (TPSA) is 70.2 Å². The second kappa shape index (κ2) is 10.9.